The third-order valence-electron chi connectivity index (χ3n) is 7.13. The zero-order chi connectivity index (χ0) is 28.6. The summed E-state index contributed by atoms with van der Waals surface area (Å²) in [6, 6.07) is -1.39. The van der Waals surface area contributed by atoms with Crippen LogP contribution in [-0.2, 0) is 30.5 Å². The van der Waals surface area contributed by atoms with Gasteiger partial charge in [0.05, 0.1) is 24.6 Å². The Balaban J connectivity index is 1.42. The largest absolute Gasteiger partial charge is 0.477 e. The molecule has 4 heterocycles. The van der Waals surface area contributed by atoms with Gasteiger partial charge >= 0.3 is 11.9 Å². The molecule has 3 amide bonds. The minimum absolute atomic E-state index is 0.0278. The minimum Gasteiger partial charge on any atom is -0.477 e. The molecule has 1 aromatic heterocycles. The fourth-order valence-electron chi connectivity index (χ4n) is 5.35. The van der Waals surface area contributed by atoms with Crippen molar-refractivity contribution in [1.82, 2.24) is 40.6 Å². The average molecular weight is 565 g/mol. The summed E-state index contributed by atoms with van der Waals surface area (Å²) in [5.41, 5.74) is -0.0348. The van der Waals surface area contributed by atoms with Crippen LogP contribution in [-0.4, -0.2) is 115 Å². The predicted molar refractivity (Wildman–Crippen MR) is 136 cm³/mol. The van der Waals surface area contributed by atoms with Crippen molar-refractivity contribution in [2.75, 3.05) is 27.2 Å². The number of thioether (sulfide) groups is 1. The van der Waals surface area contributed by atoms with E-state index in [2.05, 4.69) is 26.2 Å². The molecule has 0 radical (unpaired) electrons. The third kappa shape index (κ3) is 5.34. The number of hydrogen-bond donors (Lipinski definition) is 3. The molecule has 0 aliphatic carbocycles. The highest BCUT2D eigenvalue weighted by atomic mass is 32.2. The van der Waals surface area contributed by atoms with Crippen molar-refractivity contribution in [1.29, 1.82) is 0 Å². The summed E-state index contributed by atoms with van der Waals surface area (Å²) < 4.78 is 5.89. The predicted octanol–water partition coefficient (Wildman–Crippen LogP) is -1.32. The SMILES string of the molecule is CCOC(=O)c1nnnn1CC(=O)N[C@H](C)[C@H]1C(=O)N2C(C(=O)O)=C(S[C@@H]3CN[C@H](C(=O)N(C)C)C3)[C@H](C)[C@H]12. The molecule has 3 aliphatic heterocycles. The number of ether oxygens (including phenoxy) is 1. The van der Waals surface area contributed by atoms with Gasteiger partial charge in [-0.15, -0.1) is 16.9 Å². The van der Waals surface area contributed by atoms with Crippen LogP contribution in [0, 0.1) is 11.8 Å². The number of hydrogen-bond acceptors (Lipinski definition) is 11. The van der Waals surface area contributed by atoms with Crippen molar-refractivity contribution in [3.63, 3.8) is 0 Å². The lowest BCUT2D eigenvalue weighted by molar-refractivity contribution is -0.158. The van der Waals surface area contributed by atoms with Crippen molar-refractivity contribution < 1.29 is 33.8 Å². The fraction of sp³-hybridized carbons (Fsp3) is 0.652. The van der Waals surface area contributed by atoms with Gasteiger partial charge in [0.15, 0.2) is 0 Å². The van der Waals surface area contributed by atoms with Crippen molar-refractivity contribution >= 4 is 41.4 Å². The number of aliphatic carboxylic acids is 1. The van der Waals surface area contributed by atoms with Gasteiger partial charge in [0.2, 0.25) is 17.7 Å². The number of tetrazole rings is 1. The number of likely N-dealkylation sites (N-methyl/N-ethyl adjacent to an activating group) is 1. The number of nitrogens with one attached hydrogen (secondary N) is 2. The summed E-state index contributed by atoms with van der Waals surface area (Å²) in [6.07, 6.45) is 0.546. The fourth-order valence-corrected chi connectivity index (χ4v) is 6.83. The molecule has 39 heavy (non-hydrogen) atoms. The molecule has 212 valence electrons. The van der Waals surface area contributed by atoms with Gasteiger partial charge in [-0.2, -0.15) is 0 Å². The second-order valence-electron chi connectivity index (χ2n) is 9.94. The Kier molecular flexibility index (Phi) is 8.25. The van der Waals surface area contributed by atoms with E-state index in [9.17, 15) is 29.1 Å². The molecule has 16 heteroatoms. The molecule has 0 bridgehead atoms. The maximum Gasteiger partial charge on any atom is 0.378 e. The maximum absolute atomic E-state index is 13.2. The van der Waals surface area contributed by atoms with E-state index in [1.807, 2.05) is 6.92 Å². The summed E-state index contributed by atoms with van der Waals surface area (Å²) >= 11 is 1.40. The lowest BCUT2D eigenvalue weighted by atomic mass is 9.78. The summed E-state index contributed by atoms with van der Waals surface area (Å²) in [6.45, 7) is 5.48. The molecule has 4 rings (SSSR count). The topological polar surface area (TPSA) is 189 Å². The number of rotatable bonds is 10. The summed E-state index contributed by atoms with van der Waals surface area (Å²) in [5, 5.41) is 26.6. The molecule has 3 N–H and O–H groups in total. The molecule has 2 saturated heterocycles. The first kappa shape index (κ1) is 28.5. The van der Waals surface area contributed by atoms with Crippen molar-refractivity contribution in [2.24, 2.45) is 11.8 Å². The molecule has 15 nitrogen and oxygen atoms in total. The third-order valence-corrected chi connectivity index (χ3v) is 8.64. The van der Waals surface area contributed by atoms with E-state index >= 15 is 0 Å². The Morgan fingerprint density at radius 2 is 2.03 bits per heavy atom. The molecule has 0 aromatic carbocycles. The average Bonchev–Trinajstić information content (AvgIpc) is 3.57. The van der Waals surface area contributed by atoms with E-state index in [4.69, 9.17) is 4.74 Å². The number of amides is 3. The van der Waals surface area contributed by atoms with Crippen molar-refractivity contribution in [3.8, 4) is 0 Å². The van der Waals surface area contributed by atoms with Crippen LogP contribution in [0.4, 0.5) is 0 Å². The summed E-state index contributed by atoms with van der Waals surface area (Å²) in [4.78, 5) is 65.9. The highest BCUT2D eigenvalue weighted by Crippen LogP contribution is 2.51. The monoisotopic (exact) mass is 564 g/mol. The van der Waals surface area contributed by atoms with Gasteiger partial charge in [0.25, 0.3) is 5.82 Å². The van der Waals surface area contributed by atoms with E-state index in [0.29, 0.717) is 17.9 Å². The summed E-state index contributed by atoms with van der Waals surface area (Å²) in [7, 11) is 3.38. The molecular weight excluding hydrogens is 532 g/mol. The van der Waals surface area contributed by atoms with Crippen LogP contribution in [0.3, 0.4) is 0 Å². The number of carboxylic acids is 1. The van der Waals surface area contributed by atoms with Crippen LogP contribution in [0.2, 0.25) is 0 Å². The highest BCUT2D eigenvalue weighted by molar-refractivity contribution is 8.03. The van der Waals surface area contributed by atoms with Crippen molar-refractivity contribution in [3.05, 3.63) is 16.4 Å². The number of fused-ring (bicyclic) bond motifs is 1. The Morgan fingerprint density at radius 1 is 1.31 bits per heavy atom. The minimum atomic E-state index is -1.19. The van der Waals surface area contributed by atoms with Gasteiger partial charge in [-0.3, -0.25) is 14.4 Å². The van der Waals surface area contributed by atoms with Gasteiger partial charge in [-0.1, -0.05) is 6.92 Å². The summed E-state index contributed by atoms with van der Waals surface area (Å²) in [5.74, 6) is -4.03. The molecule has 0 saturated carbocycles. The Labute approximate surface area is 228 Å². The molecule has 2 fully saturated rings. The number of nitrogens with zero attached hydrogens (tertiary/aromatic N) is 6. The van der Waals surface area contributed by atoms with Gasteiger partial charge in [0.1, 0.15) is 12.2 Å². The first-order chi connectivity index (χ1) is 18.5. The lowest BCUT2D eigenvalue weighted by Crippen LogP contribution is -2.66. The van der Waals surface area contributed by atoms with Gasteiger partial charge in [0, 0.05) is 42.8 Å². The molecular formula is C23H32N8O7S. The van der Waals surface area contributed by atoms with Gasteiger partial charge in [-0.05, 0) is 30.7 Å². The standard InChI is InChI=1S/C23H32N8O7S/c1-6-38-23(37)19-26-27-28-30(19)9-14(32)25-11(3)15-16-10(2)18(17(22(35)36)31(16)21(15)34)39-12-7-13(24-8-12)20(33)29(4)5/h10-13,15-16,24H,6-9H2,1-5H3,(H,25,32)(H,35,36)/t10-,11-,12+,13+,15-,16-/m1/s1. The smallest absolute Gasteiger partial charge is 0.378 e. The number of aromatic nitrogens is 4. The molecule has 0 spiro atoms. The first-order valence-corrected chi connectivity index (χ1v) is 13.5. The molecule has 0 unspecified atom stereocenters. The zero-order valence-corrected chi connectivity index (χ0v) is 23.1. The van der Waals surface area contributed by atoms with Crippen LogP contribution in [0.15, 0.2) is 10.6 Å². The maximum atomic E-state index is 13.2. The Morgan fingerprint density at radius 3 is 2.67 bits per heavy atom. The van der Waals surface area contributed by atoms with E-state index in [1.54, 1.807) is 27.9 Å². The Bertz CT molecular complexity index is 1220. The normalized spacial score (nSPS) is 26.6. The van der Waals surface area contributed by atoms with Crippen LogP contribution in [0.5, 0.6) is 0 Å². The zero-order valence-electron chi connectivity index (χ0n) is 22.3. The van der Waals surface area contributed by atoms with E-state index in [-0.39, 0.29) is 53.7 Å². The van der Waals surface area contributed by atoms with E-state index < -0.39 is 35.8 Å². The number of carbonyl (C=O) groups excluding carboxylic acids is 4. The first-order valence-electron chi connectivity index (χ1n) is 12.6. The molecule has 3 aliphatic rings. The highest BCUT2D eigenvalue weighted by Gasteiger charge is 2.60. The number of esters is 1. The Hall–Kier alpha value is -3.53. The van der Waals surface area contributed by atoms with Gasteiger partial charge in [-0.25, -0.2) is 14.3 Å². The van der Waals surface area contributed by atoms with Crippen molar-refractivity contribution in [2.45, 2.75) is 57.1 Å². The van der Waals surface area contributed by atoms with Crippen LogP contribution < -0.4 is 10.6 Å². The molecule has 1 aromatic rings. The second-order valence-corrected chi connectivity index (χ2v) is 11.3. The quantitative estimate of drug-likeness (QED) is 0.225. The number of carboxylic acid groups (broad SMARTS) is 1. The lowest BCUT2D eigenvalue weighted by Gasteiger charge is -2.47. The van der Waals surface area contributed by atoms with Gasteiger partial charge < -0.3 is 30.3 Å². The van der Waals surface area contributed by atoms with Crippen LogP contribution >= 0.6 is 11.8 Å². The number of carbonyl (C=O) groups is 5. The van der Waals surface area contributed by atoms with Crippen LogP contribution in [0.25, 0.3) is 0 Å². The number of β-lactam (4-membered cyclic amide) rings is 1. The van der Waals surface area contributed by atoms with Crippen LogP contribution in [0.1, 0.15) is 37.8 Å². The van der Waals surface area contributed by atoms with E-state index in [1.165, 1.54) is 21.6 Å². The van der Waals surface area contributed by atoms with E-state index in [0.717, 1.165) is 4.68 Å². The molecule has 6 atom stereocenters. The second kappa shape index (κ2) is 11.3.